The number of amides is 3. The van der Waals surface area contributed by atoms with Crippen molar-refractivity contribution in [3.63, 3.8) is 0 Å². The molecule has 0 aromatic rings. The van der Waals surface area contributed by atoms with Crippen LogP contribution in [0.1, 0.15) is 51.4 Å². The Morgan fingerprint density at radius 2 is 1.68 bits per heavy atom. The van der Waals surface area contributed by atoms with Gasteiger partial charge in [-0.05, 0) is 24.7 Å². The minimum absolute atomic E-state index is 0.0143. The summed E-state index contributed by atoms with van der Waals surface area (Å²) in [5.74, 6) is -0.0426. The van der Waals surface area contributed by atoms with E-state index in [0.717, 1.165) is 25.7 Å². The lowest BCUT2D eigenvalue weighted by Gasteiger charge is -2.41. The van der Waals surface area contributed by atoms with Gasteiger partial charge in [0.25, 0.3) is 0 Å². The largest absolute Gasteiger partial charge is 0.354 e. The van der Waals surface area contributed by atoms with Crippen molar-refractivity contribution < 1.29 is 14.4 Å². The summed E-state index contributed by atoms with van der Waals surface area (Å²) in [6.07, 6.45) is 6.36. The summed E-state index contributed by atoms with van der Waals surface area (Å²) < 4.78 is 0. The van der Waals surface area contributed by atoms with E-state index in [-0.39, 0.29) is 29.2 Å². The average molecular weight is 264 g/mol. The maximum Gasteiger partial charge on any atom is 0.230 e. The number of hydrogen-bond acceptors (Lipinski definition) is 3. The molecule has 1 N–H and O–H groups in total. The Morgan fingerprint density at radius 1 is 1.05 bits per heavy atom. The summed E-state index contributed by atoms with van der Waals surface area (Å²) in [7, 11) is 0. The van der Waals surface area contributed by atoms with Gasteiger partial charge in [0.05, 0.1) is 6.04 Å². The van der Waals surface area contributed by atoms with Gasteiger partial charge in [0.2, 0.25) is 17.7 Å². The standard InChI is InChI=1S/C14H20N2O3/c17-11-4-3-10(9-15-11)16-12(18)7-14(8-13(16)19)5-1-2-6-14/h10H,1-9H2,(H,15,17). The number of piperidine rings is 2. The monoisotopic (exact) mass is 264 g/mol. The molecule has 0 aromatic heterocycles. The normalized spacial score (nSPS) is 30.8. The van der Waals surface area contributed by atoms with Crippen molar-refractivity contribution >= 4 is 17.7 Å². The number of imide groups is 1. The summed E-state index contributed by atoms with van der Waals surface area (Å²) in [6, 6.07) is -0.128. The predicted octanol–water partition coefficient (Wildman–Crippen LogP) is 0.974. The lowest BCUT2D eigenvalue weighted by Crippen LogP contribution is -2.56. The topological polar surface area (TPSA) is 66.5 Å². The van der Waals surface area contributed by atoms with Crippen molar-refractivity contribution in [1.29, 1.82) is 0 Å². The van der Waals surface area contributed by atoms with E-state index in [2.05, 4.69) is 5.32 Å². The van der Waals surface area contributed by atoms with Crippen LogP contribution in [0.15, 0.2) is 0 Å². The first-order valence-corrected chi connectivity index (χ1v) is 7.21. The highest BCUT2D eigenvalue weighted by Gasteiger charge is 2.47. The number of nitrogens with zero attached hydrogens (tertiary/aromatic N) is 1. The second-order valence-corrected chi connectivity index (χ2v) is 6.21. The van der Waals surface area contributed by atoms with E-state index in [1.165, 1.54) is 4.90 Å². The smallest absolute Gasteiger partial charge is 0.230 e. The number of nitrogens with one attached hydrogen (secondary N) is 1. The highest BCUT2D eigenvalue weighted by molar-refractivity contribution is 5.99. The van der Waals surface area contributed by atoms with Crippen molar-refractivity contribution in [2.75, 3.05) is 6.54 Å². The zero-order valence-electron chi connectivity index (χ0n) is 11.1. The zero-order chi connectivity index (χ0) is 13.5. The first-order chi connectivity index (χ1) is 9.10. The zero-order valence-corrected chi connectivity index (χ0v) is 11.1. The molecule has 1 saturated carbocycles. The average Bonchev–Trinajstić information content (AvgIpc) is 2.78. The molecule has 2 heterocycles. The van der Waals surface area contributed by atoms with Crippen LogP contribution in [-0.4, -0.2) is 35.2 Å². The quantitative estimate of drug-likeness (QED) is 0.718. The SMILES string of the molecule is O=C1CCC(N2C(=O)CC3(CCCC3)CC2=O)CN1. The molecule has 1 unspecified atom stereocenters. The highest BCUT2D eigenvalue weighted by Crippen LogP contribution is 2.47. The molecule has 0 aromatic carbocycles. The predicted molar refractivity (Wildman–Crippen MR) is 68.0 cm³/mol. The van der Waals surface area contributed by atoms with Crippen molar-refractivity contribution in [2.24, 2.45) is 5.41 Å². The van der Waals surface area contributed by atoms with Crippen molar-refractivity contribution in [3.05, 3.63) is 0 Å². The molecule has 0 bridgehead atoms. The van der Waals surface area contributed by atoms with Crippen LogP contribution < -0.4 is 5.32 Å². The van der Waals surface area contributed by atoms with Gasteiger partial charge in [0, 0.05) is 25.8 Å². The van der Waals surface area contributed by atoms with Crippen molar-refractivity contribution in [3.8, 4) is 0 Å². The van der Waals surface area contributed by atoms with Crippen LogP contribution in [0.5, 0.6) is 0 Å². The van der Waals surface area contributed by atoms with Crippen LogP contribution in [0.25, 0.3) is 0 Å². The van der Waals surface area contributed by atoms with Gasteiger partial charge >= 0.3 is 0 Å². The third-order valence-electron chi connectivity index (χ3n) is 4.86. The van der Waals surface area contributed by atoms with E-state index in [1.54, 1.807) is 0 Å². The molecule has 3 aliphatic rings. The molecule has 104 valence electrons. The number of hydrogen-bond donors (Lipinski definition) is 1. The van der Waals surface area contributed by atoms with E-state index >= 15 is 0 Å². The van der Waals surface area contributed by atoms with Gasteiger partial charge in [0.15, 0.2) is 0 Å². The molecule has 1 spiro atoms. The lowest BCUT2D eigenvalue weighted by molar-refractivity contribution is -0.157. The first kappa shape index (κ1) is 12.6. The van der Waals surface area contributed by atoms with Crippen LogP contribution in [-0.2, 0) is 14.4 Å². The molecule has 1 aliphatic carbocycles. The summed E-state index contributed by atoms with van der Waals surface area (Å²) in [5, 5.41) is 2.75. The lowest BCUT2D eigenvalue weighted by atomic mass is 9.76. The fraction of sp³-hybridized carbons (Fsp3) is 0.786. The van der Waals surface area contributed by atoms with E-state index in [9.17, 15) is 14.4 Å². The Morgan fingerprint density at radius 3 is 2.21 bits per heavy atom. The highest BCUT2D eigenvalue weighted by atomic mass is 16.2. The van der Waals surface area contributed by atoms with Gasteiger partial charge in [-0.3, -0.25) is 19.3 Å². The summed E-state index contributed by atoms with van der Waals surface area (Å²) >= 11 is 0. The number of carbonyl (C=O) groups excluding carboxylic acids is 3. The molecule has 3 amide bonds. The van der Waals surface area contributed by atoms with Gasteiger partial charge in [-0.2, -0.15) is 0 Å². The summed E-state index contributed by atoms with van der Waals surface area (Å²) in [6.45, 7) is 0.420. The van der Waals surface area contributed by atoms with Gasteiger partial charge in [-0.15, -0.1) is 0 Å². The van der Waals surface area contributed by atoms with Crippen LogP contribution in [0.2, 0.25) is 0 Å². The van der Waals surface area contributed by atoms with Gasteiger partial charge < -0.3 is 5.32 Å². The molecule has 5 nitrogen and oxygen atoms in total. The molecule has 0 radical (unpaired) electrons. The van der Waals surface area contributed by atoms with Crippen molar-refractivity contribution in [2.45, 2.75) is 57.4 Å². The molecule has 2 aliphatic heterocycles. The fourth-order valence-corrected chi connectivity index (χ4v) is 3.84. The summed E-state index contributed by atoms with van der Waals surface area (Å²) in [4.78, 5) is 37.3. The van der Waals surface area contributed by atoms with E-state index in [0.29, 0.717) is 32.2 Å². The van der Waals surface area contributed by atoms with Crippen LogP contribution in [0, 0.1) is 5.41 Å². The van der Waals surface area contributed by atoms with Gasteiger partial charge in [-0.1, -0.05) is 12.8 Å². The van der Waals surface area contributed by atoms with E-state index < -0.39 is 0 Å². The molecule has 1 atom stereocenters. The first-order valence-electron chi connectivity index (χ1n) is 7.21. The molecule has 3 rings (SSSR count). The van der Waals surface area contributed by atoms with Gasteiger partial charge in [-0.25, -0.2) is 0 Å². The molecule has 5 heteroatoms. The maximum atomic E-state index is 12.3. The minimum atomic E-state index is -0.128. The Labute approximate surface area is 112 Å². The van der Waals surface area contributed by atoms with Crippen LogP contribution >= 0.6 is 0 Å². The molecule has 2 saturated heterocycles. The number of likely N-dealkylation sites (tertiary alicyclic amines) is 1. The Hall–Kier alpha value is -1.39. The van der Waals surface area contributed by atoms with Crippen LogP contribution in [0.3, 0.4) is 0 Å². The maximum absolute atomic E-state index is 12.3. The number of rotatable bonds is 1. The fourth-order valence-electron chi connectivity index (χ4n) is 3.84. The third-order valence-corrected chi connectivity index (χ3v) is 4.86. The third kappa shape index (κ3) is 2.26. The molecule has 19 heavy (non-hydrogen) atoms. The second-order valence-electron chi connectivity index (χ2n) is 6.21. The van der Waals surface area contributed by atoms with E-state index in [4.69, 9.17) is 0 Å². The minimum Gasteiger partial charge on any atom is -0.354 e. The van der Waals surface area contributed by atoms with E-state index in [1.807, 2.05) is 0 Å². The van der Waals surface area contributed by atoms with Gasteiger partial charge in [0.1, 0.15) is 0 Å². The Kier molecular flexibility index (Phi) is 3.07. The molecule has 3 fully saturated rings. The number of carbonyl (C=O) groups is 3. The van der Waals surface area contributed by atoms with Crippen molar-refractivity contribution in [1.82, 2.24) is 10.2 Å². The van der Waals surface area contributed by atoms with Crippen LogP contribution in [0.4, 0.5) is 0 Å². The summed E-state index contributed by atoms with van der Waals surface area (Å²) in [5.41, 5.74) is -0.0391. The second kappa shape index (κ2) is 4.62. The molecular weight excluding hydrogens is 244 g/mol. The molecular formula is C14H20N2O3. The Bertz CT molecular complexity index is 396. The Balaban J connectivity index is 1.72.